The largest absolute Gasteiger partial charge is 0.478 e. The Morgan fingerprint density at radius 2 is 2.05 bits per heavy atom. The fourth-order valence-corrected chi connectivity index (χ4v) is 3.22. The highest BCUT2D eigenvalue weighted by atomic mass is 32.1. The summed E-state index contributed by atoms with van der Waals surface area (Å²) in [5.74, 6) is -1.27. The molecule has 1 amide bonds. The molecule has 19 heavy (non-hydrogen) atoms. The van der Waals surface area contributed by atoms with Gasteiger partial charge in [0.2, 0.25) is 0 Å². The molecule has 1 aliphatic rings. The monoisotopic (exact) mass is 283 g/mol. The minimum Gasteiger partial charge on any atom is -0.478 e. The normalized spacial score (nSPS) is 22.5. The molecule has 6 heteroatoms. The summed E-state index contributed by atoms with van der Waals surface area (Å²) in [6.07, 6.45) is 1.14. The van der Waals surface area contributed by atoms with Gasteiger partial charge < -0.3 is 15.2 Å². The standard InChI is InChI=1S/C13H17NO4S/c1-6-4-5-9(18-6)11(15)14-12-10(13(16)17)7(2)8(3)19-12/h6,9H,4-5H2,1-3H3,(H,14,15)(H,16,17). The van der Waals surface area contributed by atoms with E-state index in [-0.39, 0.29) is 17.6 Å². The molecule has 0 bridgehead atoms. The third kappa shape index (κ3) is 2.79. The summed E-state index contributed by atoms with van der Waals surface area (Å²) in [7, 11) is 0. The average Bonchev–Trinajstić information content (AvgIpc) is 2.85. The van der Waals surface area contributed by atoms with Gasteiger partial charge in [0.15, 0.2) is 0 Å². The van der Waals surface area contributed by atoms with Crippen molar-refractivity contribution in [2.24, 2.45) is 0 Å². The second-order valence-corrected chi connectivity index (χ2v) is 6.02. The second kappa shape index (κ2) is 5.30. The zero-order valence-corrected chi connectivity index (χ0v) is 12.0. The van der Waals surface area contributed by atoms with Gasteiger partial charge in [-0.15, -0.1) is 11.3 Å². The number of thiophene rings is 1. The Labute approximate surface area is 115 Å². The highest BCUT2D eigenvalue weighted by molar-refractivity contribution is 7.16. The van der Waals surface area contributed by atoms with Crippen molar-refractivity contribution < 1.29 is 19.4 Å². The zero-order valence-electron chi connectivity index (χ0n) is 11.1. The van der Waals surface area contributed by atoms with Crippen LogP contribution in [0.3, 0.4) is 0 Å². The van der Waals surface area contributed by atoms with E-state index in [9.17, 15) is 14.7 Å². The quantitative estimate of drug-likeness (QED) is 0.894. The first-order valence-electron chi connectivity index (χ1n) is 6.19. The van der Waals surface area contributed by atoms with Crippen molar-refractivity contribution in [1.82, 2.24) is 0 Å². The predicted octanol–water partition coefficient (Wildman–Crippen LogP) is 2.57. The van der Waals surface area contributed by atoms with Crippen molar-refractivity contribution in [3.63, 3.8) is 0 Å². The van der Waals surface area contributed by atoms with Crippen LogP contribution in [0.25, 0.3) is 0 Å². The van der Waals surface area contributed by atoms with Crippen LogP contribution in [0.1, 0.15) is 40.6 Å². The molecule has 2 rings (SSSR count). The van der Waals surface area contributed by atoms with Gasteiger partial charge in [0, 0.05) is 4.88 Å². The Morgan fingerprint density at radius 1 is 1.37 bits per heavy atom. The number of aromatic carboxylic acids is 1. The van der Waals surface area contributed by atoms with Crippen LogP contribution in [0.2, 0.25) is 0 Å². The van der Waals surface area contributed by atoms with E-state index in [1.807, 2.05) is 13.8 Å². The van der Waals surface area contributed by atoms with Crippen molar-refractivity contribution in [2.75, 3.05) is 5.32 Å². The number of nitrogens with one attached hydrogen (secondary N) is 1. The molecule has 0 spiro atoms. The maximum absolute atomic E-state index is 12.0. The number of carboxylic acids is 1. The van der Waals surface area contributed by atoms with Gasteiger partial charge in [0.25, 0.3) is 5.91 Å². The summed E-state index contributed by atoms with van der Waals surface area (Å²) in [6, 6.07) is 0. The van der Waals surface area contributed by atoms with Crippen LogP contribution in [-0.2, 0) is 9.53 Å². The molecule has 2 atom stereocenters. The number of ether oxygens (including phenoxy) is 1. The SMILES string of the molecule is Cc1sc(NC(=O)C2CCC(C)O2)c(C(=O)O)c1C. The number of anilines is 1. The summed E-state index contributed by atoms with van der Waals surface area (Å²) in [6.45, 7) is 5.52. The Bertz CT molecular complexity index is 523. The molecule has 0 aromatic carbocycles. The lowest BCUT2D eigenvalue weighted by atomic mass is 10.1. The number of hydrogen-bond acceptors (Lipinski definition) is 4. The molecule has 1 saturated heterocycles. The van der Waals surface area contributed by atoms with Gasteiger partial charge in [0.05, 0.1) is 11.7 Å². The first-order chi connectivity index (χ1) is 8.90. The van der Waals surface area contributed by atoms with E-state index >= 15 is 0 Å². The van der Waals surface area contributed by atoms with Gasteiger partial charge in [-0.25, -0.2) is 4.79 Å². The smallest absolute Gasteiger partial charge is 0.338 e. The average molecular weight is 283 g/mol. The van der Waals surface area contributed by atoms with Gasteiger partial charge in [-0.1, -0.05) is 0 Å². The summed E-state index contributed by atoms with van der Waals surface area (Å²) < 4.78 is 5.48. The number of carbonyl (C=O) groups is 2. The van der Waals surface area contributed by atoms with Gasteiger partial charge in [-0.05, 0) is 39.2 Å². The van der Waals surface area contributed by atoms with E-state index in [0.29, 0.717) is 17.0 Å². The van der Waals surface area contributed by atoms with E-state index in [4.69, 9.17) is 4.74 Å². The molecule has 2 unspecified atom stereocenters. The van der Waals surface area contributed by atoms with Gasteiger partial charge in [-0.2, -0.15) is 0 Å². The first-order valence-corrected chi connectivity index (χ1v) is 7.01. The van der Waals surface area contributed by atoms with Crippen molar-refractivity contribution in [1.29, 1.82) is 0 Å². The maximum atomic E-state index is 12.0. The summed E-state index contributed by atoms with van der Waals surface area (Å²) >= 11 is 1.29. The third-order valence-electron chi connectivity index (χ3n) is 3.36. The molecule has 1 fully saturated rings. The summed E-state index contributed by atoms with van der Waals surface area (Å²) in [5, 5.41) is 12.3. The molecule has 1 aliphatic heterocycles. The van der Waals surface area contributed by atoms with E-state index in [0.717, 1.165) is 11.3 Å². The number of rotatable bonds is 3. The highest BCUT2D eigenvalue weighted by Gasteiger charge is 2.30. The summed E-state index contributed by atoms with van der Waals surface area (Å²) in [5.41, 5.74) is 0.885. The van der Waals surface area contributed by atoms with Gasteiger partial charge in [0.1, 0.15) is 11.1 Å². The highest BCUT2D eigenvalue weighted by Crippen LogP contribution is 2.33. The lowest BCUT2D eigenvalue weighted by Crippen LogP contribution is -2.28. The minimum atomic E-state index is -1.02. The molecule has 2 heterocycles. The minimum absolute atomic E-state index is 0.0847. The van der Waals surface area contributed by atoms with Gasteiger partial charge in [-0.3, -0.25) is 4.79 Å². The van der Waals surface area contributed by atoms with Crippen LogP contribution >= 0.6 is 11.3 Å². The van der Waals surface area contributed by atoms with Crippen LogP contribution in [-0.4, -0.2) is 29.2 Å². The molecule has 5 nitrogen and oxygen atoms in total. The molecule has 0 saturated carbocycles. The van der Waals surface area contributed by atoms with Crippen molar-refractivity contribution >= 4 is 28.2 Å². The predicted molar refractivity (Wildman–Crippen MR) is 73.0 cm³/mol. The number of carboxylic acid groups (broad SMARTS) is 1. The van der Waals surface area contributed by atoms with E-state index < -0.39 is 12.1 Å². The molecular formula is C13H17NO4S. The molecule has 2 N–H and O–H groups in total. The molecular weight excluding hydrogens is 266 g/mol. The summed E-state index contributed by atoms with van der Waals surface area (Å²) in [4.78, 5) is 24.2. The molecule has 1 aromatic rings. The van der Waals surface area contributed by atoms with E-state index in [1.54, 1.807) is 6.92 Å². The Kier molecular flexibility index (Phi) is 3.91. The Balaban J connectivity index is 2.17. The van der Waals surface area contributed by atoms with Crippen LogP contribution in [0.4, 0.5) is 5.00 Å². The van der Waals surface area contributed by atoms with Crippen LogP contribution in [0.15, 0.2) is 0 Å². The maximum Gasteiger partial charge on any atom is 0.338 e. The zero-order chi connectivity index (χ0) is 14.2. The molecule has 1 aromatic heterocycles. The number of hydrogen-bond donors (Lipinski definition) is 2. The topological polar surface area (TPSA) is 75.6 Å². The lowest BCUT2D eigenvalue weighted by molar-refractivity contribution is -0.126. The van der Waals surface area contributed by atoms with E-state index in [2.05, 4.69) is 5.32 Å². The van der Waals surface area contributed by atoms with Crippen molar-refractivity contribution in [3.05, 3.63) is 16.0 Å². The van der Waals surface area contributed by atoms with Crippen LogP contribution in [0, 0.1) is 13.8 Å². The van der Waals surface area contributed by atoms with Crippen molar-refractivity contribution in [2.45, 2.75) is 45.8 Å². The fourth-order valence-electron chi connectivity index (χ4n) is 2.16. The molecule has 0 radical (unpaired) electrons. The van der Waals surface area contributed by atoms with Crippen molar-refractivity contribution in [3.8, 4) is 0 Å². The molecule has 0 aliphatic carbocycles. The lowest BCUT2D eigenvalue weighted by Gasteiger charge is -2.11. The Hall–Kier alpha value is -1.40. The number of aryl methyl sites for hydroxylation is 1. The van der Waals surface area contributed by atoms with E-state index in [1.165, 1.54) is 11.3 Å². The van der Waals surface area contributed by atoms with Crippen LogP contribution < -0.4 is 5.32 Å². The fraction of sp³-hybridized carbons (Fsp3) is 0.538. The number of amides is 1. The first kappa shape index (κ1) is 14.0. The van der Waals surface area contributed by atoms with Crippen LogP contribution in [0.5, 0.6) is 0 Å². The number of carbonyl (C=O) groups excluding carboxylic acids is 1. The second-order valence-electron chi connectivity index (χ2n) is 4.79. The Morgan fingerprint density at radius 3 is 2.58 bits per heavy atom. The van der Waals surface area contributed by atoms with Gasteiger partial charge >= 0.3 is 5.97 Å². The third-order valence-corrected chi connectivity index (χ3v) is 4.48. The molecule has 104 valence electrons.